The zero-order chi connectivity index (χ0) is 32.6. The summed E-state index contributed by atoms with van der Waals surface area (Å²) in [5.74, 6) is 0.760. The van der Waals surface area contributed by atoms with Gasteiger partial charge < -0.3 is 0 Å². The van der Waals surface area contributed by atoms with E-state index in [0.717, 1.165) is 28.3 Å². The van der Waals surface area contributed by atoms with Crippen molar-refractivity contribution in [3.05, 3.63) is 168 Å². The third kappa shape index (κ3) is 4.26. The van der Waals surface area contributed by atoms with Crippen molar-refractivity contribution in [2.75, 3.05) is 0 Å². The van der Waals surface area contributed by atoms with Crippen LogP contribution in [0.25, 0.3) is 67.3 Å². The lowest BCUT2D eigenvalue weighted by Gasteiger charge is -2.24. The first-order valence-corrected chi connectivity index (χ1v) is 16.8. The SMILES string of the molecule is CC1(C)c2ccccc2-c2ccc(-c3ccc(-c4ccc(-c5nc(-c6ccccc6)nc6c5C(C)(C)c5ccccc5-6)cc4)cc3)cc21. The van der Waals surface area contributed by atoms with Gasteiger partial charge in [-0.25, -0.2) is 9.97 Å². The molecule has 0 aliphatic heterocycles. The van der Waals surface area contributed by atoms with Crippen molar-refractivity contribution >= 4 is 0 Å². The number of hydrogen-bond acceptors (Lipinski definition) is 2. The molecule has 2 heteroatoms. The summed E-state index contributed by atoms with van der Waals surface area (Å²) in [6.07, 6.45) is 0. The first-order valence-electron chi connectivity index (χ1n) is 16.8. The molecule has 6 aromatic carbocycles. The quantitative estimate of drug-likeness (QED) is 0.197. The molecule has 2 aliphatic rings. The third-order valence-corrected chi connectivity index (χ3v) is 10.7. The van der Waals surface area contributed by atoms with Crippen LogP contribution in [0.15, 0.2) is 146 Å². The summed E-state index contributed by atoms with van der Waals surface area (Å²) in [7, 11) is 0. The molecule has 230 valence electrons. The van der Waals surface area contributed by atoms with E-state index < -0.39 is 0 Å². The monoisotopic (exact) mass is 616 g/mol. The molecular formula is C46H36N2. The largest absolute Gasteiger partial charge is 0.228 e. The molecule has 2 nitrogen and oxygen atoms in total. The van der Waals surface area contributed by atoms with Crippen molar-refractivity contribution in [1.29, 1.82) is 0 Å². The highest BCUT2D eigenvalue weighted by Gasteiger charge is 2.40. The van der Waals surface area contributed by atoms with Crippen molar-refractivity contribution in [3.8, 4) is 67.3 Å². The standard InChI is InChI=1S/C46H36N2/c1-45(2)38-16-10-8-14-35(38)36-27-26-34(28-40(36)45)31-20-18-29(19-21-31)30-22-24-32(25-23-30)42-41-43(37-15-9-11-17-39(37)46(41,3)4)48-44(47-42)33-12-6-5-7-13-33/h5-28H,1-4H3. The molecular weight excluding hydrogens is 581 g/mol. The van der Waals surface area contributed by atoms with E-state index in [2.05, 4.69) is 155 Å². The van der Waals surface area contributed by atoms with Gasteiger partial charge >= 0.3 is 0 Å². The summed E-state index contributed by atoms with van der Waals surface area (Å²) in [6.45, 7) is 9.27. The molecule has 0 spiro atoms. The first-order chi connectivity index (χ1) is 23.3. The molecule has 7 aromatic rings. The molecule has 0 saturated heterocycles. The van der Waals surface area contributed by atoms with Crippen molar-refractivity contribution < 1.29 is 0 Å². The Hall–Kier alpha value is -5.60. The second-order valence-corrected chi connectivity index (χ2v) is 14.2. The Morgan fingerprint density at radius 3 is 1.50 bits per heavy atom. The molecule has 0 saturated carbocycles. The van der Waals surface area contributed by atoms with Crippen LogP contribution in [0.5, 0.6) is 0 Å². The van der Waals surface area contributed by atoms with Gasteiger partial charge in [0.05, 0.1) is 11.4 Å². The van der Waals surface area contributed by atoms with Crippen LogP contribution in [-0.4, -0.2) is 9.97 Å². The predicted octanol–water partition coefficient (Wildman–Crippen LogP) is 11.8. The Labute approximate surface area is 282 Å². The predicted molar refractivity (Wildman–Crippen MR) is 199 cm³/mol. The second kappa shape index (κ2) is 10.5. The van der Waals surface area contributed by atoms with Crippen molar-refractivity contribution in [3.63, 3.8) is 0 Å². The summed E-state index contributed by atoms with van der Waals surface area (Å²) in [5.41, 5.74) is 18.1. The zero-order valence-corrected chi connectivity index (χ0v) is 27.8. The Morgan fingerprint density at radius 1 is 0.354 bits per heavy atom. The van der Waals surface area contributed by atoms with E-state index in [4.69, 9.17) is 9.97 Å². The van der Waals surface area contributed by atoms with Gasteiger partial charge in [0, 0.05) is 33.1 Å². The van der Waals surface area contributed by atoms with Crippen molar-refractivity contribution in [2.45, 2.75) is 38.5 Å². The highest BCUT2D eigenvalue weighted by atomic mass is 14.9. The molecule has 1 heterocycles. The molecule has 0 N–H and O–H groups in total. The van der Waals surface area contributed by atoms with E-state index in [-0.39, 0.29) is 10.8 Å². The molecule has 1 aromatic heterocycles. The summed E-state index contributed by atoms with van der Waals surface area (Å²) in [4.78, 5) is 10.4. The topological polar surface area (TPSA) is 25.8 Å². The summed E-state index contributed by atoms with van der Waals surface area (Å²) in [5, 5.41) is 0. The van der Waals surface area contributed by atoms with E-state index in [1.54, 1.807) is 0 Å². The van der Waals surface area contributed by atoms with Gasteiger partial charge in [-0.2, -0.15) is 0 Å². The van der Waals surface area contributed by atoms with Gasteiger partial charge in [-0.05, 0) is 56.1 Å². The highest BCUT2D eigenvalue weighted by molar-refractivity contribution is 5.87. The van der Waals surface area contributed by atoms with Gasteiger partial charge in [-0.1, -0.05) is 167 Å². The van der Waals surface area contributed by atoms with Gasteiger partial charge in [-0.3, -0.25) is 0 Å². The molecule has 0 unspecified atom stereocenters. The fourth-order valence-electron chi connectivity index (χ4n) is 8.10. The van der Waals surface area contributed by atoms with E-state index in [9.17, 15) is 0 Å². The number of nitrogens with zero attached hydrogens (tertiary/aromatic N) is 2. The molecule has 2 aliphatic carbocycles. The summed E-state index contributed by atoms with van der Waals surface area (Å²) >= 11 is 0. The van der Waals surface area contributed by atoms with Crippen LogP contribution < -0.4 is 0 Å². The third-order valence-electron chi connectivity index (χ3n) is 10.7. The van der Waals surface area contributed by atoms with Crippen LogP contribution in [0.4, 0.5) is 0 Å². The normalized spacial score (nSPS) is 14.6. The fourth-order valence-corrected chi connectivity index (χ4v) is 8.10. The van der Waals surface area contributed by atoms with Gasteiger partial charge in [0.2, 0.25) is 0 Å². The molecule has 0 radical (unpaired) electrons. The smallest absolute Gasteiger partial charge is 0.160 e. The summed E-state index contributed by atoms with van der Waals surface area (Å²) < 4.78 is 0. The molecule has 0 fully saturated rings. The maximum absolute atomic E-state index is 5.25. The average Bonchev–Trinajstić information content (AvgIpc) is 3.51. The Morgan fingerprint density at radius 2 is 0.833 bits per heavy atom. The molecule has 48 heavy (non-hydrogen) atoms. The first kappa shape index (κ1) is 28.6. The van der Waals surface area contributed by atoms with E-state index in [1.165, 1.54) is 61.2 Å². The van der Waals surface area contributed by atoms with E-state index in [0.29, 0.717) is 0 Å². The minimum absolute atomic E-state index is 0.00667. The lowest BCUT2D eigenvalue weighted by atomic mass is 9.80. The number of rotatable bonds is 4. The van der Waals surface area contributed by atoms with Gasteiger partial charge in [-0.15, -0.1) is 0 Å². The second-order valence-electron chi connectivity index (χ2n) is 14.2. The van der Waals surface area contributed by atoms with Gasteiger partial charge in [0.15, 0.2) is 5.82 Å². The minimum atomic E-state index is -0.208. The van der Waals surface area contributed by atoms with Crippen LogP contribution in [0.2, 0.25) is 0 Å². The molecule has 0 atom stereocenters. The maximum Gasteiger partial charge on any atom is 0.160 e. The number of fused-ring (bicyclic) bond motifs is 6. The highest BCUT2D eigenvalue weighted by Crippen LogP contribution is 2.52. The summed E-state index contributed by atoms with van der Waals surface area (Å²) in [6, 6.07) is 52.7. The fraction of sp³-hybridized carbons (Fsp3) is 0.130. The van der Waals surface area contributed by atoms with Crippen LogP contribution in [0.3, 0.4) is 0 Å². The van der Waals surface area contributed by atoms with E-state index >= 15 is 0 Å². The minimum Gasteiger partial charge on any atom is -0.228 e. The van der Waals surface area contributed by atoms with Crippen LogP contribution in [-0.2, 0) is 10.8 Å². The lowest BCUT2D eigenvalue weighted by Crippen LogP contribution is -2.17. The Bertz CT molecular complexity index is 2360. The Balaban J connectivity index is 1.07. The molecule has 0 bridgehead atoms. The van der Waals surface area contributed by atoms with E-state index in [1.807, 2.05) is 18.2 Å². The lowest BCUT2D eigenvalue weighted by molar-refractivity contribution is 0.658. The average molecular weight is 617 g/mol. The van der Waals surface area contributed by atoms with Crippen LogP contribution in [0.1, 0.15) is 49.9 Å². The van der Waals surface area contributed by atoms with Crippen molar-refractivity contribution in [1.82, 2.24) is 9.97 Å². The number of hydrogen-bond donors (Lipinski definition) is 0. The molecule has 9 rings (SSSR count). The van der Waals surface area contributed by atoms with Crippen LogP contribution >= 0.6 is 0 Å². The molecule has 0 amide bonds. The maximum atomic E-state index is 5.25. The van der Waals surface area contributed by atoms with Crippen molar-refractivity contribution in [2.24, 2.45) is 0 Å². The van der Waals surface area contributed by atoms with Gasteiger partial charge in [0.25, 0.3) is 0 Å². The van der Waals surface area contributed by atoms with Gasteiger partial charge in [0.1, 0.15) is 0 Å². The zero-order valence-electron chi connectivity index (χ0n) is 27.8. The number of aromatic nitrogens is 2. The number of benzene rings is 6. The van der Waals surface area contributed by atoms with Crippen LogP contribution in [0, 0.1) is 0 Å². The Kier molecular flexibility index (Phi) is 6.23.